The lowest BCUT2D eigenvalue weighted by Crippen LogP contribution is -2.20. The highest BCUT2D eigenvalue weighted by atomic mass is 16.5. The third-order valence-corrected chi connectivity index (χ3v) is 3.58. The Morgan fingerprint density at radius 3 is 2.65 bits per heavy atom. The van der Waals surface area contributed by atoms with Gasteiger partial charge in [0.25, 0.3) is 0 Å². The molecule has 2 aliphatic rings. The van der Waals surface area contributed by atoms with Crippen molar-refractivity contribution in [3.05, 3.63) is 65.3 Å². The molecule has 0 radical (unpaired) electrons. The summed E-state index contributed by atoms with van der Waals surface area (Å²) in [5, 5.41) is 8.44. The number of carbonyl (C=O) groups excluding carboxylic acids is 1. The fourth-order valence-corrected chi connectivity index (χ4v) is 2.27. The minimum Gasteiger partial charge on any atom is -0.497 e. The van der Waals surface area contributed by atoms with E-state index in [0.29, 0.717) is 24.5 Å². The van der Waals surface area contributed by atoms with Crippen molar-refractivity contribution in [3.63, 3.8) is 0 Å². The zero-order valence-electron chi connectivity index (χ0n) is 12.7. The maximum absolute atomic E-state index is 10.8. The van der Waals surface area contributed by atoms with E-state index in [-0.39, 0.29) is 0 Å². The van der Waals surface area contributed by atoms with Crippen molar-refractivity contribution >= 4 is 17.9 Å². The van der Waals surface area contributed by atoms with Crippen molar-refractivity contribution < 1.29 is 14.3 Å². The van der Waals surface area contributed by atoms with E-state index in [1.54, 1.807) is 19.3 Å². The van der Waals surface area contributed by atoms with Gasteiger partial charge >= 0.3 is 0 Å². The van der Waals surface area contributed by atoms with Crippen LogP contribution in [0.4, 0.5) is 0 Å². The van der Waals surface area contributed by atoms with E-state index in [2.05, 4.69) is 10.2 Å². The number of rotatable bonds is 4. The third-order valence-electron chi connectivity index (χ3n) is 3.58. The fraction of sp³-hybridized carbons (Fsp3) is 0.167. The number of benzene rings is 1. The SMILES string of the molecule is COc1ccc(C2=NN=C(C3=CC=C(C=O)C=CC3)CO2)cc1. The molecular formula is C18H16N2O3. The Bertz CT molecular complexity index is 753. The molecule has 5 nitrogen and oxygen atoms in total. The molecule has 0 unspecified atom stereocenters. The molecule has 0 saturated heterocycles. The predicted octanol–water partition coefficient (Wildman–Crippen LogP) is 2.84. The molecule has 0 spiro atoms. The number of carbonyl (C=O) groups is 1. The summed E-state index contributed by atoms with van der Waals surface area (Å²) in [4.78, 5) is 10.8. The second-order valence-electron chi connectivity index (χ2n) is 5.05. The minimum atomic E-state index is 0.356. The Hall–Kier alpha value is -2.95. The van der Waals surface area contributed by atoms with Gasteiger partial charge in [0.15, 0.2) is 0 Å². The van der Waals surface area contributed by atoms with Gasteiger partial charge in [0, 0.05) is 11.1 Å². The summed E-state index contributed by atoms with van der Waals surface area (Å²) in [6.45, 7) is 0.356. The molecule has 5 heteroatoms. The lowest BCUT2D eigenvalue weighted by Gasteiger charge is -2.15. The van der Waals surface area contributed by atoms with E-state index < -0.39 is 0 Å². The zero-order valence-corrected chi connectivity index (χ0v) is 12.7. The number of hydrogen-bond donors (Lipinski definition) is 0. The summed E-state index contributed by atoms with van der Waals surface area (Å²) in [7, 11) is 1.62. The topological polar surface area (TPSA) is 60.2 Å². The zero-order chi connectivity index (χ0) is 16.1. The van der Waals surface area contributed by atoms with Gasteiger partial charge < -0.3 is 9.47 Å². The van der Waals surface area contributed by atoms with Crippen molar-refractivity contribution in [1.82, 2.24) is 0 Å². The van der Waals surface area contributed by atoms with Crippen LogP contribution < -0.4 is 4.74 Å². The lowest BCUT2D eigenvalue weighted by atomic mass is 10.1. The Balaban J connectivity index is 1.80. The second-order valence-corrected chi connectivity index (χ2v) is 5.05. The van der Waals surface area contributed by atoms with Crippen LogP contribution in [0.25, 0.3) is 0 Å². The van der Waals surface area contributed by atoms with Crippen LogP contribution in [0.3, 0.4) is 0 Å². The average Bonchev–Trinajstić information content (AvgIpc) is 2.87. The highest BCUT2D eigenvalue weighted by Gasteiger charge is 2.16. The van der Waals surface area contributed by atoms with Crippen molar-refractivity contribution in [1.29, 1.82) is 0 Å². The van der Waals surface area contributed by atoms with Crippen molar-refractivity contribution in [2.45, 2.75) is 6.42 Å². The molecular weight excluding hydrogens is 292 g/mol. The van der Waals surface area contributed by atoms with Crippen molar-refractivity contribution in [2.75, 3.05) is 13.7 Å². The van der Waals surface area contributed by atoms with Gasteiger partial charge in [-0.2, -0.15) is 0 Å². The monoisotopic (exact) mass is 308 g/mol. The van der Waals surface area contributed by atoms with Crippen LogP contribution in [0, 0.1) is 0 Å². The first-order chi connectivity index (χ1) is 11.3. The van der Waals surface area contributed by atoms with Crippen LogP contribution in [0.2, 0.25) is 0 Å². The number of methoxy groups -OCH3 is 1. The first-order valence-electron chi connectivity index (χ1n) is 7.25. The third kappa shape index (κ3) is 3.45. The highest BCUT2D eigenvalue weighted by molar-refractivity contribution is 6.06. The number of aldehydes is 1. The molecule has 1 heterocycles. The largest absolute Gasteiger partial charge is 0.497 e. The van der Waals surface area contributed by atoms with E-state index in [1.807, 2.05) is 36.4 Å². The summed E-state index contributed by atoms with van der Waals surface area (Å²) < 4.78 is 10.9. The van der Waals surface area contributed by atoms with Gasteiger partial charge in [0.1, 0.15) is 24.4 Å². The summed E-state index contributed by atoms with van der Waals surface area (Å²) in [5.41, 5.74) is 3.26. The molecule has 1 aliphatic carbocycles. The molecule has 0 amide bonds. The molecule has 0 fully saturated rings. The smallest absolute Gasteiger partial charge is 0.241 e. The molecule has 0 N–H and O–H groups in total. The second kappa shape index (κ2) is 6.87. The van der Waals surface area contributed by atoms with Crippen LogP contribution in [0.1, 0.15) is 12.0 Å². The number of nitrogens with zero attached hydrogens (tertiary/aromatic N) is 2. The fourth-order valence-electron chi connectivity index (χ4n) is 2.27. The normalized spacial score (nSPS) is 17.1. The van der Waals surface area contributed by atoms with Crippen LogP contribution in [0.15, 0.2) is 69.9 Å². The van der Waals surface area contributed by atoms with Crippen LogP contribution >= 0.6 is 0 Å². The summed E-state index contributed by atoms with van der Waals surface area (Å²) in [6.07, 6.45) is 8.92. The number of allylic oxidation sites excluding steroid dienone is 5. The van der Waals surface area contributed by atoms with Crippen LogP contribution in [-0.2, 0) is 9.53 Å². The maximum Gasteiger partial charge on any atom is 0.241 e. The molecule has 0 bridgehead atoms. The van der Waals surface area contributed by atoms with Gasteiger partial charge in [-0.3, -0.25) is 4.79 Å². The predicted molar refractivity (Wildman–Crippen MR) is 88.9 cm³/mol. The van der Waals surface area contributed by atoms with E-state index in [1.165, 1.54) is 0 Å². The van der Waals surface area contributed by atoms with Crippen LogP contribution in [0.5, 0.6) is 5.75 Å². The van der Waals surface area contributed by atoms with E-state index in [4.69, 9.17) is 9.47 Å². The molecule has 1 aliphatic heterocycles. The molecule has 0 aromatic heterocycles. The maximum atomic E-state index is 10.8. The molecule has 1 aromatic rings. The molecule has 1 aromatic carbocycles. The van der Waals surface area contributed by atoms with Gasteiger partial charge in [-0.15, -0.1) is 10.2 Å². The van der Waals surface area contributed by atoms with E-state index in [9.17, 15) is 4.79 Å². The first kappa shape index (κ1) is 15.0. The Morgan fingerprint density at radius 1 is 1.17 bits per heavy atom. The van der Waals surface area contributed by atoms with Gasteiger partial charge in [0.2, 0.25) is 5.90 Å². The highest BCUT2D eigenvalue weighted by Crippen LogP contribution is 2.18. The summed E-state index contributed by atoms with van der Waals surface area (Å²) >= 11 is 0. The van der Waals surface area contributed by atoms with Gasteiger partial charge in [-0.1, -0.05) is 24.3 Å². The van der Waals surface area contributed by atoms with Gasteiger partial charge in [-0.05, 0) is 36.3 Å². The summed E-state index contributed by atoms with van der Waals surface area (Å²) in [6, 6.07) is 7.46. The standard InChI is InChI=1S/C18H16N2O3/c1-22-16-9-7-15(8-10-16)18-20-19-17(12-23-18)14-4-2-3-13(11-21)5-6-14/h2-3,5-11H,4,12H2,1H3. The van der Waals surface area contributed by atoms with Crippen molar-refractivity contribution in [2.24, 2.45) is 10.2 Å². The van der Waals surface area contributed by atoms with E-state index in [0.717, 1.165) is 28.9 Å². The molecule has 116 valence electrons. The number of hydrogen-bond acceptors (Lipinski definition) is 5. The van der Waals surface area contributed by atoms with Crippen molar-refractivity contribution in [3.8, 4) is 5.75 Å². The van der Waals surface area contributed by atoms with Gasteiger partial charge in [-0.25, -0.2) is 0 Å². The Labute approximate surface area is 134 Å². The Kier molecular flexibility index (Phi) is 4.47. The quantitative estimate of drug-likeness (QED) is 0.804. The molecule has 0 atom stereocenters. The molecule has 3 rings (SSSR count). The molecule has 23 heavy (non-hydrogen) atoms. The molecule has 0 saturated carbocycles. The summed E-state index contributed by atoms with van der Waals surface area (Å²) in [5.74, 6) is 1.27. The lowest BCUT2D eigenvalue weighted by molar-refractivity contribution is -0.104. The van der Waals surface area contributed by atoms with Crippen LogP contribution in [-0.4, -0.2) is 31.6 Å². The number of ether oxygens (including phenoxy) is 2. The Morgan fingerprint density at radius 2 is 2.00 bits per heavy atom. The van der Waals surface area contributed by atoms with Gasteiger partial charge in [0.05, 0.1) is 7.11 Å². The minimum absolute atomic E-state index is 0.356. The van der Waals surface area contributed by atoms with E-state index >= 15 is 0 Å². The first-order valence-corrected chi connectivity index (χ1v) is 7.25. The average molecular weight is 308 g/mol.